The zero-order valence-electron chi connectivity index (χ0n) is 17.5. The Labute approximate surface area is 188 Å². The highest BCUT2D eigenvalue weighted by Gasteiger charge is 2.29. The first-order valence-electron chi connectivity index (χ1n) is 9.93. The molecule has 3 aromatic rings. The monoisotopic (exact) mass is 441 g/mol. The van der Waals surface area contributed by atoms with Crippen LogP contribution in [-0.4, -0.2) is 30.8 Å². The van der Waals surface area contributed by atoms with Crippen LogP contribution < -0.4 is 4.74 Å². The summed E-state index contributed by atoms with van der Waals surface area (Å²) in [4.78, 5) is 15.0. The zero-order chi connectivity index (χ0) is 21.1. The Bertz CT molecular complexity index is 1030. The molecule has 0 amide bonds. The molecule has 0 saturated carbocycles. The van der Waals surface area contributed by atoms with Gasteiger partial charge in [-0.25, -0.2) is 4.39 Å². The number of ether oxygens (including phenoxy) is 2. The maximum atomic E-state index is 14.3. The number of halogens is 2. The summed E-state index contributed by atoms with van der Waals surface area (Å²) in [5.41, 5.74) is 2.84. The van der Waals surface area contributed by atoms with Gasteiger partial charge >= 0.3 is 0 Å². The standard InChI is InChI=1S/C25H24FNO3.ClH/c1-27(2)22(23(28)17-9-5-3-6-10-17)15-19-13-21(26)14-20-16-29-25(30-24(19)20)18-11-7-4-8-12-18;/h3-14,22,25H,15-16H2,1-2H3;1H. The Morgan fingerprint density at radius 2 is 1.71 bits per heavy atom. The molecule has 1 aliphatic heterocycles. The lowest BCUT2D eigenvalue weighted by Gasteiger charge is -2.30. The van der Waals surface area contributed by atoms with Gasteiger partial charge in [0.1, 0.15) is 11.6 Å². The third-order valence-corrected chi connectivity index (χ3v) is 5.29. The molecule has 0 aliphatic carbocycles. The molecular formula is C25H25ClFNO3. The molecule has 1 heterocycles. The van der Waals surface area contributed by atoms with E-state index in [0.29, 0.717) is 28.9 Å². The zero-order valence-corrected chi connectivity index (χ0v) is 18.3. The summed E-state index contributed by atoms with van der Waals surface area (Å²) in [5, 5.41) is 0. The molecule has 0 spiro atoms. The number of ketones is 1. The van der Waals surface area contributed by atoms with Crippen LogP contribution in [0.5, 0.6) is 5.75 Å². The summed E-state index contributed by atoms with van der Waals surface area (Å²) < 4.78 is 26.3. The van der Waals surface area contributed by atoms with E-state index in [1.54, 1.807) is 12.1 Å². The van der Waals surface area contributed by atoms with Crippen molar-refractivity contribution in [3.8, 4) is 5.75 Å². The number of fused-ring (bicyclic) bond motifs is 1. The lowest BCUT2D eigenvalue weighted by Crippen LogP contribution is -2.38. The SMILES string of the molecule is CN(C)C(Cc1cc(F)cc2c1OC(c1ccccc1)OC2)C(=O)c1ccccc1.Cl. The lowest BCUT2D eigenvalue weighted by atomic mass is 9.94. The van der Waals surface area contributed by atoms with E-state index in [1.165, 1.54) is 12.1 Å². The Hall–Kier alpha value is -2.73. The van der Waals surface area contributed by atoms with Gasteiger partial charge in [0.25, 0.3) is 0 Å². The summed E-state index contributed by atoms with van der Waals surface area (Å²) in [6.45, 7) is 0.249. The van der Waals surface area contributed by atoms with Crippen LogP contribution >= 0.6 is 12.4 Å². The second-order valence-corrected chi connectivity index (χ2v) is 7.64. The number of hydrogen-bond acceptors (Lipinski definition) is 4. The second kappa shape index (κ2) is 10.1. The molecule has 31 heavy (non-hydrogen) atoms. The van der Waals surface area contributed by atoms with Gasteiger partial charge in [-0.15, -0.1) is 12.4 Å². The van der Waals surface area contributed by atoms with Crippen molar-refractivity contribution in [2.75, 3.05) is 14.1 Å². The Kier molecular flexibility index (Phi) is 7.44. The fourth-order valence-corrected chi connectivity index (χ4v) is 3.72. The maximum absolute atomic E-state index is 14.3. The maximum Gasteiger partial charge on any atom is 0.227 e. The van der Waals surface area contributed by atoms with Gasteiger partial charge < -0.3 is 9.47 Å². The molecule has 0 aromatic heterocycles. The van der Waals surface area contributed by atoms with Gasteiger partial charge in [-0.1, -0.05) is 60.7 Å². The molecular weight excluding hydrogens is 417 g/mol. The van der Waals surface area contributed by atoms with E-state index < -0.39 is 12.3 Å². The topological polar surface area (TPSA) is 38.8 Å². The molecule has 0 N–H and O–H groups in total. The van der Waals surface area contributed by atoms with Crippen molar-refractivity contribution in [2.45, 2.75) is 25.4 Å². The van der Waals surface area contributed by atoms with E-state index >= 15 is 0 Å². The number of benzene rings is 3. The predicted octanol–water partition coefficient (Wildman–Crippen LogP) is 5.21. The number of nitrogens with zero attached hydrogens (tertiary/aromatic N) is 1. The molecule has 0 radical (unpaired) electrons. The predicted molar refractivity (Wildman–Crippen MR) is 120 cm³/mol. The Morgan fingerprint density at radius 3 is 2.35 bits per heavy atom. The number of rotatable bonds is 6. The number of carbonyl (C=O) groups is 1. The van der Waals surface area contributed by atoms with Gasteiger partial charge in [0.05, 0.1) is 12.6 Å². The Balaban J connectivity index is 0.00000272. The molecule has 0 saturated heterocycles. The number of Topliss-reactive ketones (excluding diaryl/α,β-unsaturated/α-hetero) is 1. The van der Waals surface area contributed by atoms with Crippen LogP contribution in [0.4, 0.5) is 4.39 Å². The molecule has 2 unspecified atom stereocenters. The van der Waals surface area contributed by atoms with E-state index in [1.807, 2.05) is 67.5 Å². The molecule has 3 aromatic carbocycles. The van der Waals surface area contributed by atoms with Crippen molar-refractivity contribution in [3.05, 3.63) is 101 Å². The van der Waals surface area contributed by atoms with E-state index in [2.05, 4.69) is 0 Å². The van der Waals surface area contributed by atoms with Crippen molar-refractivity contribution in [3.63, 3.8) is 0 Å². The van der Waals surface area contributed by atoms with Crippen LogP contribution in [-0.2, 0) is 17.8 Å². The fourth-order valence-electron chi connectivity index (χ4n) is 3.72. The first-order valence-corrected chi connectivity index (χ1v) is 9.93. The van der Waals surface area contributed by atoms with Gasteiger partial charge in [-0.05, 0) is 38.2 Å². The first kappa shape index (κ1) is 22.9. The molecule has 162 valence electrons. The number of likely N-dealkylation sites (N-methyl/N-ethyl adjacent to an activating group) is 1. The molecule has 2 atom stereocenters. The van der Waals surface area contributed by atoms with Crippen molar-refractivity contribution in [1.29, 1.82) is 0 Å². The largest absolute Gasteiger partial charge is 0.460 e. The van der Waals surface area contributed by atoms with Crippen molar-refractivity contribution < 1.29 is 18.7 Å². The van der Waals surface area contributed by atoms with Gasteiger partial charge in [0.2, 0.25) is 6.29 Å². The lowest BCUT2D eigenvalue weighted by molar-refractivity contribution is -0.112. The summed E-state index contributed by atoms with van der Waals surface area (Å²) >= 11 is 0. The van der Waals surface area contributed by atoms with Crippen molar-refractivity contribution in [2.24, 2.45) is 0 Å². The normalized spacial score (nSPS) is 16.1. The first-order chi connectivity index (χ1) is 14.5. The van der Waals surface area contributed by atoms with Crippen LogP contribution in [0.1, 0.15) is 33.3 Å². The molecule has 0 bridgehead atoms. The summed E-state index contributed by atoms with van der Waals surface area (Å²) in [6.07, 6.45) is -0.229. The van der Waals surface area contributed by atoms with E-state index in [-0.39, 0.29) is 30.6 Å². The third-order valence-electron chi connectivity index (χ3n) is 5.29. The van der Waals surface area contributed by atoms with Gasteiger partial charge in [0, 0.05) is 16.7 Å². The van der Waals surface area contributed by atoms with Gasteiger partial charge in [0.15, 0.2) is 5.78 Å². The summed E-state index contributed by atoms with van der Waals surface area (Å²) in [6, 6.07) is 21.2. The average Bonchev–Trinajstić information content (AvgIpc) is 2.77. The highest BCUT2D eigenvalue weighted by atomic mass is 35.5. The minimum Gasteiger partial charge on any atom is -0.460 e. The van der Waals surface area contributed by atoms with Crippen molar-refractivity contribution >= 4 is 18.2 Å². The number of hydrogen-bond donors (Lipinski definition) is 0. The summed E-state index contributed by atoms with van der Waals surface area (Å²) in [5.74, 6) is 0.230. The molecule has 6 heteroatoms. The van der Waals surface area contributed by atoms with Crippen LogP contribution in [0.25, 0.3) is 0 Å². The molecule has 4 nitrogen and oxygen atoms in total. The minimum atomic E-state index is -0.564. The summed E-state index contributed by atoms with van der Waals surface area (Å²) in [7, 11) is 3.71. The van der Waals surface area contributed by atoms with Gasteiger partial charge in [-0.2, -0.15) is 0 Å². The van der Waals surface area contributed by atoms with Crippen molar-refractivity contribution in [1.82, 2.24) is 4.90 Å². The third kappa shape index (κ3) is 5.13. The van der Waals surface area contributed by atoms with Crippen LogP contribution in [0, 0.1) is 5.82 Å². The fraction of sp³-hybridized carbons (Fsp3) is 0.240. The second-order valence-electron chi connectivity index (χ2n) is 7.64. The van der Waals surface area contributed by atoms with E-state index in [9.17, 15) is 9.18 Å². The van der Waals surface area contributed by atoms with E-state index in [0.717, 1.165) is 5.56 Å². The van der Waals surface area contributed by atoms with Crippen LogP contribution in [0.15, 0.2) is 72.8 Å². The van der Waals surface area contributed by atoms with E-state index in [4.69, 9.17) is 9.47 Å². The Morgan fingerprint density at radius 1 is 1.06 bits per heavy atom. The highest BCUT2D eigenvalue weighted by Crippen LogP contribution is 2.37. The van der Waals surface area contributed by atoms with Crippen LogP contribution in [0.3, 0.4) is 0 Å². The van der Waals surface area contributed by atoms with Crippen LogP contribution in [0.2, 0.25) is 0 Å². The minimum absolute atomic E-state index is 0. The smallest absolute Gasteiger partial charge is 0.227 e. The molecule has 0 fully saturated rings. The number of carbonyl (C=O) groups excluding carboxylic acids is 1. The molecule has 4 rings (SSSR count). The quantitative estimate of drug-likeness (QED) is 0.492. The average molecular weight is 442 g/mol. The van der Waals surface area contributed by atoms with Gasteiger partial charge in [-0.3, -0.25) is 9.69 Å². The molecule has 1 aliphatic rings. The highest BCUT2D eigenvalue weighted by molar-refractivity contribution is 6.00.